The van der Waals surface area contributed by atoms with E-state index in [0.717, 1.165) is 37.0 Å². The van der Waals surface area contributed by atoms with Crippen molar-refractivity contribution in [3.05, 3.63) is 29.8 Å². The van der Waals surface area contributed by atoms with Crippen molar-refractivity contribution < 1.29 is 4.79 Å². The number of carbonyl (C=O) groups is 1. The van der Waals surface area contributed by atoms with Crippen molar-refractivity contribution >= 4 is 17.7 Å². The first-order valence-electron chi connectivity index (χ1n) is 7.51. The van der Waals surface area contributed by atoms with E-state index < -0.39 is 5.54 Å². The molecule has 112 valence electrons. The molecule has 3 nitrogen and oxygen atoms in total. The lowest BCUT2D eigenvalue weighted by Gasteiger charge is -2.35. The van der Waals surface area contributed by atoms with Crippen LogP contribution in [0.2, 0.25) is 0 Å². The molecule has 1 saturated carbocycles. The van der Waals surface area contributed by atoms with Crippen LogP contribution in [0.15, 0.2) is 29.2 Å². The van der Waals surface area contributed by atoms with E-state index >= 15 is 0 Å². The second kappa shape index (κ2) is 7.00. The molecule has 4 heteroatoms. The molecule has 2 rings (SSSR count). The minimum absolute atomic E-state index is 0.128. The van der Waals surface area contributed by atoms with Gasteiger partial charge in [-0.25, -0.2) is 0 Å². The van der Waals surface area contributed by atoms with Gasteiger partial charge in [0.2, 0.25) is 0 Å². The molecule has 1 amide bonds. The Bertz CT molecular complexity index is 542. The molecule has 0 heterocycles. The van der Waals surface area contributed by atoms with Crippen LogP contribution < -0.4 is 5.32 Å². The van der Waals surface area contributed by atoms with Gasteiger partial charge in [0.1, 0.15) is 5.54 Å². The molecular formula is C17H22N2OS. The number of amides is 1. The minimum Gasteiger partial charge on any atom is -0.334 e. The van der Waals surface area contributed by atoms with Gasteiger partial charge in [-0.05, 0) is 50.0 Å². The Morgan fingerprint density at radius 2 is 2.10 bits per heavy atom. The van der Waals surface area contributed by atoms with E-state index in [2.05, 4.69) is 18.3 Å². The number of nitrogens with zero attached hydrogens (tertiary/aromatic N) is 1. The van der Waals surface area contributed by atoms with Gasteiger partial charge in [-0.1, -0.05) is 25.5 Å². The van der Waals surface area contributed by atoms with Crippen molar-refractivity contribution in [2.75, 3.05) is 6.26 Å². The largest absolute Gasteiger partial charge is 0.334 e. The third-order valence-corrected chi connectivity index (χ3v) is 5.25. The summed E-state index contributed by atoms with van der Waals surface area (Å²) >= 11 is 1.55. The molecule has 0 saturated heterocycles. The fourth-order valence-electron chi connectivity index (χ4n) is 2.96. The Labute approximate surface area is 131 Å². The summed E-state index contributed by atoms with van der Waals surface area (Å²) in [6, 6.07) is 9.91. The average Bonchev–Trinajstić information content (AvgIpc) is 2.55. The fraction of sp³-hybridized carbons (Fsp3) is 0.529. The minimum atomic E-state index is -0.686. The molecule has 1 aliphatic rings. The highest BCUT2D eigenvalue weighted by molar-refractivity contribution is 7.98. The van der Waals surface area contributed by atoms with Crippen LogP contribution in [0.5, 0.6) is 0 Å². The van der Waals surface area contributed by atoms with Gasteiger partial charge in [-0.15, -0.1) is 11.8 Å². The molecule has 1 aliphatic carbocycles. The monoisotopic (exact) mass is 302 g/mol. The lowest BCUT2D eigenvalue weighted by molar-refractivity contribution is 0.0888. The van der Waals surface area contributed by atoms with Crippen LogP contribution in [0.1, 0.15) is 49.4 Å². The average molecular weight is 302 g/mol. The van der Waals surface area contributed by atoms with E-state index in [1.54, 1.807) is 11.8 Å². The maximum atomic E-state index is 12.5. The normalized spacial score (nSPS) is 25.1. The van der Waals surface area contributed by atoms with Gasteiger partial charge in [-0.2, -0.15) is 5.26 Å². The van der Waals surface area contributed by atoms with E-state index in [-0.39, 0.29) is 5.91 Å². The molecule has 0 atom stereocenters. The lowest BCUT2D eigenvalue weighted by atomic mass is 9.76. The van der Waals surface area contributed by atoms with E-state index in [9.17, 15) is 10.1 Å². The molecule has 1 aromatic carbocycles. The highest BCUT2D eigenvalue weighted by atomic mass is 32.2. The Balaban J connectivity index is 2.12. The van der Waals surface area contributed by atoms with E-state index in [1.165, 1.54) is 0 Å². The van der Waals surface area contributed by atoms with Gasteiger partial charge in [0.05, 0.1) is 11.6 Å². The summed E-state index contributed by atoms with van der Waals surface area (Å²) in [5, 5.41) is 12.6. The van der Waals surface area contributed by atoms with Crippen LogP contribution in [0.4, 0.5) is 0 Å². The number of hydrogen-bond acceptors (Lipinski definition) is 3. The summed E-state index contributed by atoms with van der Waals surface area (Å²) in [6.45, 7) is 2.19. The third-order valence-electron chi connectivity index (χ3n) is 4.45. The molecular weight excluding hydrogens is 280 g/mol. The smallest absolute Gasteiger partial charge is 0.253 e. The van der Waals surface area contributed by atoms with E-state index in [0.29, 0.717) is 11.5 Å². The number of rotatable bonds is 4. The summed E-state index contributed by atoms with van der Waals surface area (Å²) < 4.78 is 0. The molecule has 0 aromatic heterocycles. The van der Waals surface area contributed by atoms with Crippen molar-refractivity contribution in [2.24, 2.45) is 5.92 Å². The number of hydrogen-bond donors (Lipinski definition) is 1. The molecule has 0 aliphatic heterocycles. The number of nitrogens with one attached hydrogen (secondary N) is 1. The van der Waals surface area contributed by atoms with Gasteiger partial charge in [-0.3, -0.25) is 4.79 Å². The fourth-order valence-corrected chi connectivity index (χ4v) is 3.56. The van der Waals surface area contributed by atoms with Crippen LogP contribution >= 0.6 is 11.8 Å². The summed E-state index contributed by atoms with van der Waals surface area (Å²) in [4.78, 5) is 13.5. The van der Waals surface area contributed by atoms with Crippen molar-refractivity contribution in [1.29, 1.82) is 5.26 Å². The second-order valence-electron chi connectivity index (χ2n) is 5.70. The molecule has 21 heavy (non-hydrogen) atoms. The lowest BCUT2D eigenvalue weighted by Crippen LogP contribution is -2.49. The Morgan fingerprint density at radius 1 is 1.43 bits per heavy atom. The number of nitriles is 1. The van der Waals surface area contributed by atoms with E-state index in [1.807, 2.05) is 30.5 Å². The maximum absolute atomic E-state index is 12.5. The summed E-state index contributed by atoms with van der Waals surface area (Å²) in [5.41, 5.74) is -0.0221. The first-order valence-corrected chi connectivity index (χ1v) is 8.73. The molecule has 1 N–H and O–H groups in total. The first-order chi connectivity index (χ1) is 10.1. The van der Waals surface area contributed by atoms with Crippen LogP contribution in [0, 0.1) is 17.2 Å². The molecule has 0 radical (unpaired) electrons. The Hall–Kier alpha value is -1.47. The Kier molecular flexibility index (Phi) is 5.30. The molecule has 1 aromatic rings. The number of benzene rings is 1. The van der Waals surface area contributed by atoms with E-state index in [4.69, 9.17) is 0 Å². The van der Waals surface area contributed by atoms with Crippen molar-refractivity contribution in [1.82, 2.24) is 5.32 Å². The maximum Gasteiger partial charge on any atom is 0.253 e. The van der Waals surface area contributed by atoms with Gasteiger partial charge < -0.3 is 5.32 Å². The highest BCUT2D eigenvalue weighted by Gasteiger charge is 2.36. The second-order valence-corrected chi connectivity index (χ2v) is 6.55. The highest BCUT2D eigenvalue weighted by Crippen LogP contribution is 2.34. The quantitative estimate of drug-likeness (QED) is 0.855. The van der Waals surface area contributed by atoms with Crippen molar-refractivity contribution in [3.8, 4) is 6.07 Å². The van der Waals surface area contributed by atoms with Gasteiger partial charge in [0.15, 0.2) is 0 Å². The van der Waals surface area contributed by atoms with Gasteiger partial charge >= 0.3 is 0 Å². The van der Waals surface area contributed by atoms with Crippen LogP contribution in [-0.4, -0.2) is 17.7 Å². The zero-order valence-corrected chi connectivity index (χ0v) is 13.5. The number of thioether (sulfide) groups is 1. The molecule has 0 spiro atoms. The first kappa shape index (κ1) is 15.9. The number of carbonyl (C=O) groups excluding carboxylic acids is 1. The summed E-state index contributed by atoms with van der Waals surface area (Å²) in [5.74, 6) is 0.568. The zero-order valence-electron chi connectivity index (χ0n) is 12.7. The topological polar surface area (TPSA) is 52.9 Å². The zero-order chi connectivity index (χ0) is 15.3. The van der Waals surface area contributed by atoms with Crippen molar-refractivity contribution in [3.63, 3.8) is 0 Å². The predicted octanol–water partition coefficient (Wildman–Crippen LogP) is 4.00. The molecule has 0 unspecified atom stereocenters. The third kappa shape index (κ3) is 3.59. The van der Waals surface area contributed by atoms with Gasteiger partial charge in [0.25, 0.3) is 5.91 Å². The molecule has 0 bridgehead atoms. The van der Waals surface area contributed by atoms with Gasteiger partial charge in [0, 0.05) is 4.90 Å². The summed E-state index contributed by atoms with van der Waals surface area (Å²) in [7, 11) is 0. The standard InChI is InChI=1S/C17H22N2OS/c1-3-13-8-10-17(12-18,11-9-13)19-16(20)14-6-4-5-7-15(14)21-2/h4-7,13H,3,8-11H2,1-2H3,(H,19,20). The van der Waals surface area contributed by atoms with Crippen molar-refractivity contribution in [2.45, 2.75) is 49.5 Å². The summed E-state index contributed by atoms with van der Waals surface area (Å²) in [6.07, 6.45) is 6.68. The van der Waals surface area contributed by atoms with Crippen LogP contribution in [0.3, 0.4) is 0 Å². The Morgan fingerprint density at radius 3 is 2.67 bits per heavy atom. The van der Waals surface area contributed by atoms with Crippen LogP contribution in [0.25, 0.3) is 0 Å². The SMILES string of the molecule is CCC1CCC(C#N)(NC(=O)c2ccccc2SC)CC1. The van der Waals surface area contributed by atoms with Crippen LogP contribution in [-0.2, 0) is 0 Å². The molecule has 1 fully saturated rings. The predicted molar refractivity (Wildman–Crippen MR) is 86.3 cm³/mol.